The van der Waals surface area contributed by atoms with Gasteiger partial charge < -0.3 is 10.5 Å². The SMILES string of the molecule is COC(=O)c1ccc(I)c(C)c1N. The largest absolute Gasteiger partial charge is 0.465 e. The normalized spacial score (nSPS) is 9.77. The molecule has 3 nitrogen and oxygen atoms in total. The minimum Gasteiger partial charge on any atom is -0.465 e. The number of rotatable bonds is 1. The molecule has 0 spiro atoms. The Hall–Kier alpha value is -0.780. The predicted molar refractivity (Wildman–Crippen MR) is 59.6 cm³/mol. The quantitative estimate of drug-likeness (QED) is 0.489. The molecule has 0 unspecified atom stereocenters. The summed E-state index contributed by atoms with van der Waals surface area (Å²) in [4.78, 5) is 11.2. The monoisotopic (exact) mass is 291 g/mol. The first-order chi connectivity index (χ1) is 6.07. The molecule has 0 bridgehead atoms. The van der Waals surface area contributed by atoms with Gasteiger partial charge in [0.25, 0.3) is 0 Å². The summed E-state index contributed by atoms with van der Waals surface area (Å²) in [6, 6.07) is 3.52. The maximum Gasteiger partial charge on any atom is 0.339 e. The molecule has 13 heavy (non-hydrogen) atoms. The highest BCUT2D eigenvalue weighted by Crippen LogP contribution is 2.22. The summed E-state index contributed by atoms with van der Waals surface area (Å²) < 4.78 is 5.63. The standard InChI is InChI=1S/C9H10INO2/c1-5-7(10)4-3-6(8(5)11)9(12)13-2/h3-4H,11H2,1-2H3. The van der Waals surface area contributed by atoms with Gasteiger partial charge in [-0.2, -0.15) is 0 Å². The number of esters is 1. The van der Waals surface area contributed by atoms with Crippen LogP contribution in [0.15, 0.2) is 12.1 Å². The fourth-order valence-electron chi connectivity index (χ4n) is 0.990. The number of methoxy groups -OCH3 is 1. The topological polar surface area (TPSA) is 52.3 Å². The molecule has 0 atom stereocenters. The minimum absolute atomic E-state index is 0.392. The van der Waals surface area contributed by atoms with E-state index < -0.39 is 5.97 Å². The van der Waals surface area contributed by atoms with Crippen molar-refractivity contribution in [2.45, 2.75) is 6.92 Å². The van der Waals surface area contributed by atoms with Gasteiger partial charge in [0.2, 0.25) is 0 Å². The van der Waals surface area contributed by atoms with Gasteiger partial charge >= 0.3 is 5.97 Å². The maximum absolute atomic E-state index is 11.2. The van der Waals surface area contributed by atoms with E-state index in [0.29, 0.717) is 11.3 Å². The van der Waals surface area contributed by atoms with Crippen molar-refractivity contribution in [2.24, 2.45) is 0 Å². The van der Waals surface area contributed by atoms with Crippen LogP contribution in [-0.4, -0.2) is 13.1 Å². The lowest BCUT2D eigenvalue weighted by Crippen LogP contribution is -2.07. The summed E-state index contributed by atoms with van der Waals surface area (Å²) in [5.74, 6) is -0.392. The molecule has 0 radical (unpaired) electrons. The molecule has 0 amide bonds. The molecule has 0 fully saturated rings. The fraction of sp³-hybridized carbons (Fsp3) is 0.222. The van der Waals surface area contributed by atoms with Crippen LogP contribution in [0.25, 0.3) is 0 Å². The number of hydrogen-bond acceptors (Lipinski definition) is 3. The third kappa shape index (κ3) is 1.93. The molecule has 70 valence electrons. The molecule has 0 aliphatic heterocycles. The number of nitrogens with two attached hydrogens (primary N) is 1. The van der Waals surface area contributed by atoms with Crippen LogP contribution in [0.2, 0.25) is 0 Å². The van der Waals surface area contributed by atoms with E-state index >= 15 is 0 Å². The number of benzene rings is 1. The molecule has 0 aliphatic rings. The number of nitrogen functional groups attached to an aromatic ring is 1. The Labute approximate surface area is 90.4 Å². The lowest BCUT2D eigenvalue weighted by Gasteiger charge is -2.07. The number of carbonyl (C=O) groups excluding carboxylic acids is 1. The lowest BCUT2D eigenvalue weighted by atomic mass is 10.1. The van der Waals surface area contributed by atoms with Crippen molar-refractivity contribution < 1.29 is 9.53 Å². The van der Waals surface area contributed by atoms with Crippen molar-refractivity contribution in [3.8, 4) is 0 Å². The zero-order valence-electron chi connectivity index (χ0n) is 7.43. The highest BCUT2D eigenvalue weighted by molar-refractivity contribution is 14.1. The molecule has 0 saturated heterocycles. The number of anilines is 1. The van der Waals surface area contributed by atoms with Crippen LogP contribution in [0, 0.1) is 10.5 Å². The Kier molecular flexibility index (Phi) is 3.13. The van der Waals surface area contributed by atoms with Crippen LogP contribution in [0.4, 0.5) is 5.69 Å². The van der Waals surface area contributed by atoms with Gasteiger partial charge in [-0.25, -0.2) is 4.79 Å². The summed E-state index contributed by atoms with van der Waals surface area (Å²) in [5, 5.41) is 0. The maximum atomic E-state index is 11.2. The van der Waals surface area contributed by atoms with Crippen LogP contribution in [-0.2, 0) is 4.74 Å². The minimum atomic E-state index is -0.392. The van der Waals surface area contributed by atoms with Gasteiger partial charge in [0.1, 0.15) is 0 Å². The van der Waals surface area contributed by atoms with Crippen molar-refractivity contribution in [3.05, 3.63) is 26.8 Å². The average Bonchev–Trinajstić information content (AvgIpc) is 2.13. The predicted octanol–water partition coefficient (Wildman–Crippen LogP) is 1.97. The molecular weight excluding hydrogens is 281 g/mol. The summed E-state index contributed by atoms with van der Waals surface area (Å²) in [6.45, 7) is 1.88. The first-order valence-corrected chi connectivity index (χ1v) is 4.78. The Balaban J connectivity index is 3.26. The van der Waals surface area contributed by atoms with Crippen molar-refractivity contribution >= 4 is 34.2 Å². The van der Waals surface area contributed by atoms with Gasteiger partial charge in [-0.3, -0.25) is 0 Å². The number of carbonyl (C=O) groups is 1. The molecule has 4 heteroatoms. The second-order valence-corrected chi connectivity index (χ2v) is 3.79. The van der Waals surface area contributed by atoms with E-state index in [1.165, 1.54) is 7.11 Å². The summed E-state index contributed by atoms with van der Waals surface area (Å²) in [6.07, 6.45) is 0. The van der Waals surface area contributed by atoms with Crippen molar-refractivity contribution in [1.29, 1.82) is 0 Å². The Bertz CT molecular complexity index is 350. The molecule has 1 aromatic rings. The van der Waals surface area contributed by atoms with Crippen LogP contribution < -0.4 is 5.73 Å². The van der Waals surface area contributed by atoms with E-state index in [0.717, 1.165) is 9.13 Å². The second kappa shape index (κ2) is 3.95. The molecule has 0 aromatic heterocycles. The summed E-state index contributed by atoms with van der Waals surface area (Å²) >= 11 is 2.17. The Morgan fingerprint density at radius 2 is 2.15 bits per heavy atom. The van der Waals surface area contributed by atoms with E-state index in [1.807, 2.05) is 13.0 Å². The van der Waals surface area contributed by atoms with Crippen molar-refractivity contribution in [2.75, 3.05) is 12.8 Å². The van der Waals surface area contributed by atoms with E-state index in [-0.39, 0.29) is 0 Å². The van der Waals surface area contributed by atoms with E-state index in [9.17, 15) is 4.79 Å². The average molecular weight is 291 g/mol. The smallest absolute Gasteiger partial charge is 0.339 e. The van der Waals surface area contributed by atoms with E-state index in [4.69, 9.17) is 5.73 Å². The van der Waals surface area contributed by atoms with Crippen LogP contribution in [0.1, 0.15) is 15.9 Å². The van der Waals surface area contributed by atoms with Crippen LogP contribution in [0.5, 0.6) is 0 Å². The second-order valence-electron chi connectivity index (χ2n) is 2.63. The fourth-order valence-corrected chi connectivity index (χ4v) is 1.46. The van der Waals surface area contributed by atoms with E-state index in [1.54, 1.807) is 6.07 Å². The summed E-state index contributed by atoms with van der Waals surface area (Å²) in [5.41, 5.74) is 7.60. The van der Waals surface area contributed by atoms with Crippen LogP contribution >= 0.6 is 22.6 Å². The number of hydrogen-bond donors (Lipinski definition) is 1. The summed E-state index contributed by atoms with van der Waals surface area (Å²) in [7, 11) is 1.34. The van der Waals surface area contributed by atoms with Crippen molar-refractivity contribution in [3.63, 3.8) is 0 Å². The van der Waals surface area contributed by atoms with Gasteiger partial charge in [-0.15, -0.1) is 0 Å². The third-order valence-electron chi connectivity index (χ3n) is 1.85. The first-order valence-electron chi connectivity index (χ1n) is 3.70. The van der Waals surface area contributed by atoms with Crippen molar-refractivity contribution in [1.82, 2.24) is 0 Å². The third-order valence-corrected chi connectivity index (χ3v) is 3.02. The number of halogens is 1. The lowest BCUT2D eigenvalue weighted by molar-refractivity contribution is 0.0602. The van der Waals surface area contributed by atoms with E-state index in [2.05, 4.69) is 27.3 Å². The number of ether oxygens (including phenoxy) is 1. The van der Waals surface area contributed by atoms with Gasteiger partial charge in [0.05, 0.1) is 18.4 Å². The van der Waals surface area contributed by atoms with Crippen LogP contribution in [0.3, 0.4) is 0 Å². The molecule has 0 saturated carbocycles. The molecule has 1 aromatic carbocycles. The molecular formula is C9H10INO2. The molecule has 2 N–H and O–H groups in total. The molecule has 0 aliphatic carbocycles. The Morgan fingerprint density at radius 3 is 2.69 bits per heavy atom. The van der Waals surface area contributed by atoms with Gasteiger partial charge in [-0.1, -0.05) is 0 Å². The van der Waals surface area contributed by atoms with Gasteiger partial charge in [0, 0.05) is 3.57 Å². The highest BCUT2D eigenvalue weighted by atomic mass is 127. The molecule has 1 rings (SSSR count). The molecule has 0 heterocycles. The van der Waals surface area contributed by atoms with Gasteiger partial charge in [-0.05, 0) is 47.2 Å². The highest BCUT2D eigenvalue weighted by Gasteiger charge is 2.12. The zero-order chi connectivity index (χ0) is 10.0. The first kappa shape index (κ1) is 10.3. The zero-order valence-corrected chi connectivity index (χ0v) is 9.58. The van der Waals surface area contributed by atoms with Gasteiger partial charge in [0.15, 0.2) is 0 Å². The Morgan fingerprint density at radius 1 is 1.54 bits per heavy atom.